The summed E-state index contributed by atoms with van der Waals surface area (Å²) in [5.74, 6) is -2.77. The van der Waals surface area contributed by atoms with Gasteiger partial charge in [-0.15, -0.1) is 0 Å². The summed E-state index contributed by atoms with van der Waals surface area (Å²) in [6.07, 6.45) is 2.90. The summed E-state index contributed by atoms with van der Waals surface area (Å²) in [7, 11) is 0. The minimum atomic E-state index is -1.06. The molecule has 1 aromatic carbocycles. The number of benzene rings is 1. The summed E-state index contributed by atoms with van der Waals surface area (Å²) in [5.41, 5.74) is 7.35. The fourth-order valence-corrected chi connectivity index (χ4v) is 4.29. The molecule has 0 spiro atoms. The summed E-state index contributed by atoms with van der Waals surface area (Å²) in [6.45, 7) is 5.39. The van der Waals surface area contributed by atoms with Crippen LogP contribution in [0.4, 0.5) is 0 Å². The van der Waals surface area contributed by atoms with E-state index >= 15 is 0 Å². The number of aromatic nitrogens is 1. The predicted octanol–water partition coefficient (Wildman–Crippen LogP) is 0.759. The first-order chi connectivity index (χ1) is 16.1. The van der Waals surface area contributed by atoms with E-state index in [9.17, 15) is 24.3 Å². The number of rotatable bonds is 9. The van der Waals surface area contributed by atoms with E-state index in [1.165, 1.54) is 11.8 Å². The molecule has 1 fully saturated rings. The maximum atomic E-state index is 13.5. The van der Waals surface area contributed by atoms with Crippen LogP contribution in [0.15, 0.2) is 30.5 Å². The van der Waals surface area contributed by atoms with Gasteiger partial charge >= 0.3 is 5.97 Å². The maximum Gasteiger partial charge on any atom is 0.326 e. The van der Waals surface area contributed by atoms with Crippen molar-refractivity contribution in [2.24, 2.45) is 11.7 Å². The van der Waals surface area contributed by atoms with Gasteiger partial charge in [-0.25, -0.2) is 4.79 Å². The number of para-hydroxylation sites is 1. The van der Waals surface area contributed by atoms with Crippen molar-refractivity contribution in [3.63, 3.8) is 0 Å². The third kappa shape index (κ3) is 5.56. The van der Waals surface area contributed by atoms with Gasteiger partial charge in [0.25, 0.3) is 0 Å². The van der Waals surface area contributed by atoms with Gasteiger partial charge in [-0.05, 0) is 37.3 Å². The second kappa shape index (κ2) is 10.7. The molecule has 3 rings (SSSR count). The molecule has 4 unspecified atom stereocenters. The molecule has 4 atom stereocenters. The fourth-order valence-electron chi connectivity index (χ4n) is 4.29. The molecule has 10 heteroatoms. The number of fused-ring (bicyclic) bond motifs is 1. The Bertz CT molecular complexity index is 1060. The molecule has 1 aromatic heterocycles. The Balaban J connectivity index is 1.89. The molecule has 1 aliphatic heterocycles. The van der Waals surface area contributed by atoms with E-state index in [1.54, 1.807) is 20.0 Å². The lowest BCUT2D eigenvalue weighted by atomic mass is 10.00. The molecule has 10 nitrogen and oxygen atoms in total. The Morgan fingerprint density at radius 2 is 1.85 bits per heavy atom. The zero-order valence-corrected chi connectivity index (χ0v) is 19.7. The number of aromatic amines is 1. The second-order valence-electron chi connectivity index (χ2n) is 9.17. The third-order valence-electron chi connectivity index (χ3n) is 6.19. The van der Waals surface area contributed by atoms with Crippen LogP contribution in [0.25, 0.3) is 10.9 Å². The molecule has 6 N–H and O–H groups in total. The van der Waals surface area contributed by atoms with Gasteiger partial charge in [0.05, 0.1) is 6.04 Å². The number of nitrogens with zero attached hydrogens (tertiary/aromatic N) is 1. The molecule has 1 aliphatic rings. The van der Waals surface area contributed by atoms with E-state index in [1.807, 2.05) is 24.3 Å². The van der Waals surface area contributed by atoms with Crippen molar-refractivity contribution in [3.8, 4) is 0 Å². The van der Waals surface area contributed by atoms with Crippen molar-refractivity contribution < 1.29 is 24.3 Å². The number of hydrogen-bond donors (Lipinski definition) is 5. The molecule has 1 saturated heterocycles. The molecule has 0 aliphatic carbocycles. The first-order valence-corrected chi connectivity index (χ1v) is 11.5. The molecule has 2 heterocycles. The van der Waals surface area contributed by atoms with Crippen LogP contribution in [-0.2, 0) is 25.6 Å². The van der Waals surface area contributed by atoms with Crippen molar-refractivity contribution in [2.45, 2.75) is 64.2 Å². The van der Waals surface area contributed by atoms with Crippen molar-refractivity contribution in [2.75, 3.05) is 6.54 Å². The number of carboxylic acids is 1. The first-order valence-electron chi connectivity index (χ1n) is 11.5. The van der Waals surface area contributed by atoms with Crippen LogP contribution >= 0.6 is 0 Å². The Morgan fingerprint density at radius 1 is 1.15 bits per heavy atom. The Hall–Kier alpha value is -3.40. The van der Waals surface area contributed by atoms with Crippen LogP contribution in [0.5, 0.6) is 0 Å². The van der Waals surface area contributed by atoms with Gasteiger partial charge in [-0.3, -0.25) is 14.4 Å². The minimum absolute atomic E-state index is 0.170. The molecular weight excluding hydrogens is 438 g/mol. The molecular formula is C24H33N5O5. The van der Waals surface area contributed by atoms with E-state index in [0.717, 1.165) is 16.5 Å². The van der Waals surface area contributed by atoms with Gasteiger partial charge in [0.1, 0.15) is 18.1 Å². The normalized spacial score (nSPS) is 18.5. The van der Waals surface area contributed by atoms with E-state index in [0.29, 0.717) is 19.4 Å². The Labute approximate surface area is 198 Å². The summed E-state index contributed by atoms with van der Waals surface area (Å²) in [6, 6.07) is 3.99. The number of carboxylic acid groups (broad SMARTS) is 1. The topological polar surface area (TPSA) is 158 Å². The minimum Gasteiger partial charge on any atom is -0.480 e. The van der Waals surface area contributed by atoms with Crippen LogP contribution in [-0.4, -0.2) is 69.4 Å². The van der Waals surface area contributed by atoms with Crippen LogP contribution in [0.2, 0.25) is 0 Å². The maximum absolute atomic E-state index is 13.5. The highest BCUT2D eigenvalue weighted by atomic mass is 16.4. The highest BCUT2D eigenvalue weighted by molar-refractivity contribution is 5.95. The summed E-state index contributed by atoms with van der Waals surface area (Å²) in [4.78, 5) is 55.1. The number of nitrogens with one attached hydrogen (secondary N) is 3. The predicted molar refractivity (Wildman–Crippen MR) is 127 cm³/mol. The third-order valence-corrected chi connectivity index (χ3v) is 6.19. The number of nitrogens with two attached hydrogens (primary N) is 1. The number of aliphatic carboxylic acids is 1. The monoisotopic (exact) mass is 471 g/mol. The van der Waals surface area contributed by atoms with Crippen molar-refractivity contribution in [1.82, 2.24) is 20.5 Å². The number of H-pyrrole nitrogens is 1. The number of carbonyl (C=O) groups is 4. The molecule has 34 heavy (non-hydrogen) atoms. The number of carbonyl (C=O) groups excluding carboxylic acids is 3. The van der Waals surface area contributed by atoms with Gasteiger partial charge in [0, 0.05) is 30.1 Å². The van der Waals surface area contributed by atoms with Gasteiger partial charge in [-0.2, -0.15) is 0 Å². The average molecular weight is 472 g/mol. The Kier molecular flexibility index (Phi) is 7.93. The summed E-state index contributed by atoms with van der Waals surface area (Å²) >= 11 is 0. The molecule has 2 aromatic rings. The van der Waals surface area contributed by atoms with Gasteiger partial charge in [-0.1, -0.05) is 32.0 Å². The highest BCUT2D eigenvalue weighted by Gasteiger charge is 2.39. The van der Waals surface area contributed by atoms with E-state index in [4.69, 9.17) is 5.73 Å². The number of amides is 3. The molecule has 184 valence electrons. The van der Waals surface area contributed by atoms with Gasteiger partial charge in [0.15, 0.2) is 0 Å². The Morgan fingerprint density at radius 3 is 2.50 bits per heavy atom. The van der Waals surface area contributed by atoms with Crippen molar-refractivity contribution >= 4 is 34.6 Å². The SMILES string of the molecule is CC(N)C(=O)NC(C(=O)NC(Cc1c[nH]c2ccccc12)C(=O)N1CCCC1C(=O)O)C(C)C. The standard InChI is InChI=1S/C24H33N5O5/c1-13(2)20(28-21(30)14(3)25)22(31)27-18(23(32)29-10-6-9-19(29)24(33)34)11-15-12-26-17-8-5-4-7-16(15)17/h4-5,7-8,12-14,18-20,26H,6,9-11,25H2,1-3H3,(H,27,31)(H,28,30)(H,33,34). The molecule has 3 amide bonds. The molecule has 0 radical (unpaired) electrons. The largest absolute Gasteiger partial charge is 0.480 e. The van der Waals surface area contributed by atoms with Crippen LogP contribution in [0.1, 0.15) is 39.2 Å². The number of hydrogen-bond acceptors (Lipinski definition) is 5. The zero-order valence-electron chi connectivity index (χ0n) is 19.7. The van der Waals surface area contributed by atoms with Crippen LogP contribution < -0.4 is 16.4 Å². The molecule has 0 saturated carbocycles. The average Bonchev–Trinajstić information content (AvgIpc) is 3.43. The lowest BCUT2D eigenvalue weighted by Gasteiger charge is -2.29. The highest BCUT2D eigenvalue weighted by Crippen LogP contribution is 2.23. The molecule has 0 bridgehead atoms. The van der Waals surface area contributed by atoms with Crippen molar-refractivity contribution in [1.29, 1.82) is 0 Å². The quantitative estimate of drug-likeness (QED) is 0.363. The van der Waals surface area contributed by atoms with E-state index in [2.05, 4.69) is 15.6 Å². The smallest absolute Gasteiger partial charge is 0.326 e. The number of likely N-dealkylation sites (tertiary alicyclic amines) is 1. The van der Waals surface area contributed by atoms with Gasteiger partial charge < -0.3 is 31.4 Å². The van der Waals surface area contributed by atoms with E-state index < -0.39 is 47.9 Å². The summed E-state index contributed by atoms with van der Waals surface area (Å²) in [5, 5.41) is 15.9. The van der Waals surface area contributed by atoms with E-state index in [-0.39, 0.29) is 12.3 Å². The van der Waals surface area contributed by atoms with Gasteiger partial charge in [0.2, 0.25) is 17.7 Å². The van der Waals surface area contributed by atoms with Crippen LogP contribution in [0.3, 0.4) is 0 Å². The lowest BCUT2D eigenvalue weighted by molar-refractivity contribution is -0.149. The first kappa shape index (κ1) is 25.2. The van der Waals surface area contributed by atoms with Crippen molar-refractivity contribution in [3.05, 3.63) is 36.0 Å². The fraction of sp³-hybridized carbons (Fsp3) is 0.500. The summed E-state index contributed by atoms with van der Waals surface area (Å²) < 4.78 is 0. The lowest BCUT2D eigenvalue weighted by Crippen LogP contribution is -2.58. The zero-order chi connectivity index (χ0) is 25.0. The second-order valence-corrected chi connectivity index (χ2v) is 9.17. The van der Waals surface area contributed by atoms with Crippen LogP contribution in [0, 0.1) is 5.92 Å².